The number of anilines is 2. The zero-order chi connectivity index (χ0) is 20.1. The number of amides is 1. The molecule has 2 N–H and O–H groups in total. The summed E-state index contributed by atoms with van der Waals surface area (Å²) in [6, 6.07) is 14.3. The Kier molecular flexibility index (Phi) is 6.70. The molecule has 1 heterocycles. The number of hydrogen-bond donors (Lipinski definition) is 2. The van der Waals surface area contributed by atoms with Gasteiger partial charge in [0.1, 0.15) is 0 Å². The Hall–Kier alpha value is -2.38. The van der Waals surface area contributed by atoms with Crippen molar-refractivity contribution in [2.45, 2.75) is 38.1 Å². The van der Waals surface area contributed by atoms with Gasteiger partial charge in [0.25, 0.3) is 0 Å². The van der Waals surface area contributed by atoms with Crippen LogP contribution in [0.4, 0.5) is 10.8 Å². The summed E-state index contributed by atoms with van der Waals surface area (Å²) in [5.74, 6) is 0.299. The van der Waals surface area contributed by atoms with Gasteiger partial charge in [-0.2, -0.15) is 0 Å². The lowest BCUT2D eigenvalue weighted by Gasteiger charge is -2.15. The van der Waals surface area contributed by atoms with Crippen LogP contribution < -0.4 is 10.6 Å². The fourth-order valence-corrected chi connectivity index (χ4v) is 4.25. The molecule has 0 bridgehead atoms. The number of aromatic nitrogens is 2. The zero-order valence-electron chi connectivity index (χ0n) is 16.4. The number of rotatable bonds is 7. The zero-order valence-corrected chi connectivity index (χ0v) is 18.1. The van der Waals surface area contributed by atoms with E-state index in [4.69, 9.17) is 0 Å². The van der Waals surface area contributed by atoms with E-state index >= 15 is 0 Å². The monoisotopic (exact) mass is 412 g/mol. The Labute approximate surface area is 174 Å². The number of thioether (sulfide) groups is 1. The van der Waals surface area contributed by atoms with E-state index in [0.29, 0.717) is 5.75 Å². The lowest BCUT2D eigenvalue weighted by molar-refractivity contribution is -0.119. The highest BCUT2D eigenvalue weighted by Crippen LogP contribution is 2.28. The molecule has 1 atom stereocenters. The normalized spacial score (nSPS) is 11.9. The quantitative estimate of drug-likeness (QED) is 0.524. The van der Waals surface area contributed by atoms with Crippen molar-refractivity contribution in [3.8, 4) is 0 Å². The van der Waals surface area contributed by atoms with Gasteiger partial charge in [-0.15, -0.1) is 10.2 Å². The summed E-state index contributed by atoms with van der Waals surface area (Å²) in [7, 11) is 0. The molecule has 0 unspecified atom stereocenters. The highest BCUT2D eigenvalue weighted by Gasteiger charge is 2.13. The van der Waals surface area contributed by atoms with Crippen LogP contribution in [0.25, 0.3) is 0 Å². The van der Waals surface area contributed by atoms with Gasteiger partial charge >= 0.3 is 0 Å². The molecule has 0 aliphatic carbocycles. The molecule has 0 saturated carbocycles. The van der Waals surface area contributed by atoms with Crippen LogP contribution in [0.5, 0.6) is 0 Å². The Morgan fingerprint density at radius 2 is 1.86 bits per heavy atom. The molecule has 0 radical (unpaired) electrons. The summed E-state index contributed by atoms with van der Waals surface area (Å²) in [6.07, 6.45) is 0. The lowest BCUT2D eigenvalue weighted by Crippen LogP contribution is -2.28. The molecular weight excluding hydrogens is 388 g/mol. The van der Waals surface area contributed by atoms with Crippen LogP contribution >= 0.6 is 23.1 Å². The highest BCUT2D eigenvalue weighted by atomic mass is 32.2. The fourth-order valence-electron chi connectivity index (χ4n) is 2.67. The van der Waals surface area contributed by atoms with Gasteiger partial charge in [0.05, 0.1) is 11.8 Å². The molecule has 0 aliphatic rings. The summed E-state index contributed by atoms with van der Waals surface area (Å²) in [5.41, 5.74) is 5.75. The summed E-state index contributed by atoms with van der Waals surface area (Å²) >= 11 is 2.85. The molecule has 3 aromatic rings. The number of nitrogens with zero attached hydrogens (tertiary/aromatic N) is 2. The number of nitrogens with one attached hydrogen (secondary N) is 2. The maximum absolute atomic E-state index is 12.3. The van der Waals surface area contributed by atoms with Gasteiger partial charge < -0.3 is 10.6 Å². The first-order valence-electron chi connectivity index (χ1n) is 9.08. The van der Waals surface area contributed by atoms with Gasteiger partial charge in [-0.1, -0.05) is 59.5 Å². The molecule has 0 fully saturated rings. The van der Waals surface area contributed by atoms with Crippen molar-refractivity contribution in [1.29, 1.82) is 0 Å². The van der Waals surface area contributed by atoms with Crippen molar-refractivity contribution in [2.24, 2.45) is 0 Å². The van der Waals surface area contributed by atoms with Gasteiger partial charge in [0.15, 0.2) is 4.34 Å². The van der Waals surface area contributed by atoms with E-state index < -0.39 is 0 Å². The van der Waals surface area contributed by atoms with Crippen LogP contribution in [0.3, 0.4) is 0 Å². The predicted octanol–water partition coefficient (Wildman–Crippen LogP) is 5.18. The maximum atomic E-state index is 12.3. The van der Waals surface area contributed by atoms with E-state index in [1.807, 2.05) is 38.1 Å². The minimum atomic E-state index is -0.0277. The molecule has 3 rings (SSSR count). The van der Waals surface area contributed by atoms with Crippen molar-refractivity contribution >= 4 is 39.8 Å². The second kappa shape index (κ2) is 9.21. The largest absolute Gasteiger partial charge is 0.349 e. The molecule has 5 nitrogen and oxygen atoms in total. The first-order valence-corrected chi connectivity index (χ1v) is 10.9. The fraction of sp³-hybridized carbons (Fsp3) is 0.286. The average Bonchev–Trinajstić information content (AvgIpc) is 3.11. The van der Waals surface area contributed by atoms with Crippen molar-refractivity contribution in [3.05, 3.63) is 64.7 Å². The minimum absolute atomic E-state index is 0.0145. The average molecular weight is 413 g/mol. The SMILES string of the molecule is Cc1ccc([C@@H](C)NC(=O)CSc2nnc(Nc3ccccc3C)s2)cc1C. The van der Waals surface area contributed by atoms with Crippen LogP contribution in [0.1, 0.15) is 35.2 Å². The van der Waals surface area contributed by atoms with Crippen molar-refractivity contribution < 1.29 is 4.79 Å². The van der Waals surface area contributed by atoms with Gasteiger partial charge in [-0.05, 0) is 56.0 Å². The van der Waals surface area contributed by atoms with E-state index in [1.54, 1.807) is 0 Å². The van der Waals surface area contributed by atoms with Crippen molar-refractivity contribution in [2.75, 3.05) is 11.1 Å². The van der Waals surface area contributed by atoms with E-state index in [2.05, 4.69) is 52.9 Å². The standard InChI is InChI=1S/C21H24N4OS2/c1-13-9-10-17(11-15(13)3)16(4)22-19(26)12-27-21-25-24-20(28-21)23-18-8-6-5-7-14(18)2/h5-11,16H,12H2,1-4H3,(H,22,26)(H,23,24)/t16-/m1/s1. The molecule has 0 spiro atoms. The van der Waals surface area contributed by atoms with Gasteiger partial charge in [-0.25, -0.2) is 0 Å². The lowest BCUT2D eigenvalue weighted by atomic mass is 10.0. The molecule has 1 aromatic heterocycles. The van der Waals surface area contributed by atoms with Gasteiger partial charge in [0, 0.05) is 5.69 Å². The highest BCUT2D eigenvalue weighted by molar-refractivity contribution is 8.01. The first-order chi connectivity index (χ1) is 13.4. The van der Waals surface area contributed by atoms with Crippen LogP contribution in [0.2, 0.25) is 0 Å². The van der Waals surface area contributed by atoms with Crippen molar-refractivity contribution in [3.63, 3.8) is 0 Å². The number of hydrogen-bond acceptors (Lipinski definition) is 6. The Morgan fingerprint density at radius 1 is 1.07 bits per heavy atom. The molecule has 7 heteroatoms. The van der Waals surface area contributed by atoms with Crippen LogP contribution in [0.15, 0.2) is 46.8 Å². The van der Waals surface area contributed by atoms with Crippen molar-refractivity contribution in [1.82, 2.24) is 15.5 Å². The summed E-state index contributed by atoms with van der Waals surface area (Å²) in [5, 5.41) is 15.4. The molecular formula is C21H24N4OS2. The second-order valence-corrected chi connectivity index (χ2v) is 8.93. The second-order valence-electron chi connectivity index (χ2n) is 6.73. The summed E-state index contributed by atoms with van der Waals surface area (Å²) < 4.78 is 0.769. The van der Waals surface area contributed by atoms with Crippen LogP contribution in [-0.4, -0.2) is 21.9 Å². The van der Waals surface area contributed by atoms with E-state index in [1.165, 1.54) is 34.2 Å². The molecule has 1 amide bonds. The number of benzene rings is 2. The van der Waals surface area contributed by atoms with Gasteiger partial charge in [0.2, 0.25) is 11.0 Å². The van der Waals surface area contributed by atoms with Gasteiger partial charge in [-0.3, -0.25) is 4.79 Å². The molecule has 0 saturated heterocycles. The Balaban J connectivity index is 1.51. The molecule has 146 valence electrons. The van der Waals surface area contributed by atoms with Crippen LogP contribution in [0, 0.1) is 20.8 Å². The number of carbonyl (C=O) groups is 1. The molecule has 28 heavy (non-hydrogen) atoms. The number of aryl methyl sites for hydroxylation is 3. The number of carbonyl (C=O) groups excluding carboxylic acids is 1. The molecule has 0 aliphatic heterocycles. The smallest absolute Gasteiger partial charge is 0.230 e. The summed E-state index contributed by atoms with van der Waals surface area (Å²) in [4.78, 5) is 12.3. The Morgan fingerprint density at radius 3 is 2.61 bits per heavy atom. The third-order valence-electron chi connectivity index (χ3n) is 4.53. The summed E-state index contributed by atoms with van der Waals surface area (Å²) in [6.45, 7) is 8.21. The number of para-hydroxylation sites is 1. The maximum Gasteiger partial charge on any atom is 0.230 e. The Bertz CT molecular complexity index is 971. The predicted molar refractivity (Wildman–Crippen MR) is 118 cm³/mol. The van der Waals surface area contributed by atoms with E-state index in [0.717, 1.165) is 26.3 Å². The third kappa shape index (κ3) is 5.33. The minimum Gasteiger partial charge on any atom is -0.349 e. The first kappa shape index (κ1) is 20.4. The molecule has 2 aromatic carbocycles. The van der Waals surface area contributed by atoms with E-state index in [9.17, 15) is 4.79 Å². The third-order valence-corrected chi connectivity index (χ3v) is 6.50. The topological polar surface area (TPSA) is 66.9 Å². The van der Waals surface area contributed by atoms with Crippen LogP contribution in [-0.2, 0) is 4.79 Å². The van der Waals surface area contributed by atoms with E-state index in [-0.39, 0.29) is 11.9 Å².